The minimum absolute atomic E-state index is 0.0181. The second kappa shape index (κ2) is 9.17. The molecule has 3 rings (SSSR count). The molecule has 1 aromatic rings. The van der Waals surface area contributed by atoms with Crippen molar-refractivity contribution in [3.63, 3.8) is 0 Å². The predicted molar refractivity (Wildman–Crippen MR) is 107 cm³/mol. The van der Waals surface area contributed by atoms with Gasteiger partial charge in [0.2, 0.25) is 5.91 Å². The smallest absolute Gasteiger partial charge is 0.317 e. The second-order valence-corrected chi connectivity index (χ2v) is 7.74. The third-order valence-corrected chi connectivity index (χ3v) is 5.29. The largest absolute Gasteiger partial charge is 0.486 e. The fourth-order valence-corrected chi connectivity index (χ4v) is 3.63. The molecular weight excluding hydrogens is 358 g/mol. The summed E-state index contributed by atoms with van der Waals surface area (Å²) in [6.45, 7) is 8.70. The summed E-state index contributed by atoms with van der Waals surface area (Å²) >= 11 is 0. The van der Waals surface area contributed by atoms with E-state index >= 15 is 0 Å². The number of nitrogens with zero attached hydrogens (tertiary/aromatic N) is 2. The standard InChI is InChI=1S/C21H31N3O4/c1-4-23(13-17-14-27-18-7-5-6-8-19(18)28-17)21(26)22-16-9-11-24(12-10-16)20(25)15(2)3/h5-8,15-17H,4,9-14H2,1-3H3,(H,22,26). The molecular formula is C21H31N3O4. The first-order valence-electron chi connectivity index (χ1n) is 10.2. The number of hydrogen-bond donors (Lipinski definition) is 1. The average molecular weight is 389 g/mol. The van der Waals surface area contributed by atoms with Crippen molar-refractivity contribution >= 4 is 11.9 Å². The van der Waals surface area contributed by atoms with Crippen LogP contribution in [-0.2, 0) is 4.79 Å². The van der Waals surface area contributed by atoms with E-state index < -0.39 is 0 Å². The number of amides is 3. The monoisotopic (exact) mass is 389 g/mol. The molecule has 2 aliphatic rings. The predicted octanol–water partition coefficient (Wildman–Crippen LogP) is 2.50. The summed E-state index contributed by atoms with van der Waals surface area (Å²) in [5, 5.41) is 3.12. The van der Waals surface area contributed by atoms with Crippen LogP contribution < -0.4 is 14.8 Å². The minimum Gasteiger partial charge on any atom is -0.486 e. The lowest BCUT2D eigenvalue weighted by molar-refractivity contribution is -0.135. The molecule has 1 aromatic carbocycles. The summed E-state index contributed by atoms with van der Waals surface area (Å²) in [6.07, 6.45) is 1.39. The number of rotatable bonds is 5. The molecule has 0 radical (unpaired) electrons. The first-order chi connectivity index (χ1) is 13.5. The van der Waals surface area contributed by atoms with Gasteiger partial charge in [-0.2, -0.15) is 0 Å². The van der Waals surface area contributed by atoms with Crippen molar-refractivity contribution < 1.29 is 19.1 Å². The normalized spacial score (nSPS) is 19.4. The van der Waals surface area contributed by atoms with E-state index in [0.717, 1.165) is 24.3 Å². The Morgan fingerprint density at radius 2 is 1.89 bits per heavy atom. The van der Waals surface area contributed by atoms with Crippen molar-refractivity contribution in [3.05, 3.63) is 24.3 Å². The van der Waals surface area contributed by atoms with Gasteiger partial charge in [0.1, 0.15) is 6.61 Å². The van der Waals surface area contributed by atoms with Gasteiger partial charge in [0, 0.05) is 31.6 Å². The van der Waals surface area contributed by atoms with Gasteiger partial charge >= 0.3 is 6.03 Å². The number of urea groups is 1. The van der Waals surface area contributed by atoms with E-state index in [4.69, 9.17) is 9.47 Å². The Balaban J connectivity index is 1.48. The van der Waals surface area contributed by atoms with Crippen molar-refractivity contribution in [1.82, 2.24) is 15.1 Å². The summed E-state index contributed by atoms with van der Waals surface area (Å²) in [6, 6.07) is 7.59. The van der Waals surface area contributed by atoms with Crippen LogP contribution in [0.25, 0.3) is 0 Å². The van der Waals surface area contributed by atoms with Gasteiger partial charge in [0.25, 0.3) is 0 Å². The SMILES string of the molecule is CCN(CC1COc2ccccc2O1)C(=O)NC1CCN(C(=O)C(C)C)CC1. The zero-order valence-corrected chi connectivity index (χ0v) is 17.0. The Kier molecular flexibility index (Phi) is 6.65. The lowest BCUT2D eigenvalue weighted by Crippen LogP contribution is -2.52. The molecule has 1 atom stereocenters. The summed E-state index contributed by atoms with van der Waals surface area (Å²) in [5.41, 5.74) is 0. The zero-order chi connectivity index (χ0) is 20.1. The van der Waals surface area contributed by atoms with E-state index in [9.17, 15) is 9.59 Å². The van der Waals surface area contributed by atoms with Crippen LogP contribution in [0.1, 0.15) is 33.6 Å². The van der Waals surface area contributed by atoms with Crippen molar-refractivity contribution in [1.29, 1.82) is 0 Å². The van der Waals surface area contributed by atoms with Crippen LogP contribution in [0.3, 0.4) is 0 Å². The number of likely N-dealkylation sites (tertiary alicyclic amines) is 1. The number of para-hydroxylation sites is 2. The topological polar surface area (TPSA) is 71.1 Å². The highest BCUT2D eigenvalue weighted by Gasteiger charge is 2.28. The number of carbonyl (C=O) groups excluding carboxylic acids is 2. The lowest BCUT2D eigenvalue weighted by Gasteiger charge is -2.35. The number of benzene rings is 1. The lowest BCUT2D eigenvalue weighted by atomic mass is 10.0. The number of nitrogens with one attached hydrogen (secondary N) is 1. The highest BCUT2D eigenvalue weighted by Crippen LogP contribution is 2.31. The Morgan fingerprint density at radius 1 is 1.21 bits per heavy atom. The van der Waals surface area contributed by atoms with Crippen LogP contribution in [0.4, 0.5) is 4.79 Å². The molecule has 7 nitrogen and oxygen atoms in total. The number of fused-ring (bicyclic) bond motifs is 1. The van der Waals surface area contributed by atoms with Crippen molar-refractivity contribution in [2.45, 2.75) is 45.8 Å². The average Bonchev–Trinajstić information content (AvgIpc) is 2.71. The van der Waals surface area contributed by atoms with Crippen LogP contribution in [0.15, 0.2) is 24.3 Å². The van der Waals surface area contributed by atoms with E-state index in [1.807, 2.05) is 49.9 Å². The maximum absolute atomic E-state index is 12.7. The molecule has 1 fully saturated rings. The zero-order valence-electron chi connectivity index (χ0n) is 17.0. The maximum atomic E-state index is 12.7. The van der Waals surface area contributed by atoms with Crippen molar-refractivity contribution in [2.24, 2.45) is 5.92 Å². The van der Waals surface area contributed by atoms with Crippen LogP contribution in [0, 0.1) is 5.92 Å². The van der Waals surface area contributed by atoms with Gasteiger partial charge in [-0.05, 0) is 31.9 Å². The van der Waals surface area contributed by atoms with Gasteiger partial charge in [-0.1, -0.05) is 26.0 Å². The molecule has 0 aliphatic carbocycles. The maximum Gasteiger partial charge on any atom is 0.317 e. The second-order valence-electron chi connectivity index (χ2n) is 7.74. The molecule has 0 aromatic heterocycles. The number of ether oxygens (including phenoxy) is 2. The third-order valence-electron chi connectivity index (χ3n) is 5.29. The van der Waals surface area contributed by atoms with Gasteiger partial charge in [-0.25, -0.2) is 4.79 Å². The van der Waals surface area contributed by atoms with Gasteiger partial charge in [-0.3, -0.25) is 4.79 Å². The molecule has 1 unspecified atom stereocenters. The molecule has 0 saturated carbocycles. The summed E-state index contributed by atoms with van der Waals surface area (Å²) in [5.74, 6) is 1.67. The highest BCUT2D eigenvalue weighted by molar-refractivity contribution is 5.78. The molecule has 154 valence electrons. The Morgan fingerprint density at radius 3 is 2.54 bits per heavy atom. The first-order valence-corrected chi connectivity index (χ1v) is 10.2. The minimum atomic E-state index is -0.189. The van der Waals surface area contributed by atoms with Gasteiger partial charge in [0.15, 0.2) is 17.6 Å². The molecule has 0 spiro atoms. The molecule has 1 N–H and O–H groups in total. The van der Waals surface area contributed by atoms with Gasteiger partial charge in [-0.15, -0.1) is 0 Å². The molecule has 7 heteroatoms. The molecule has 2 aliphatic heterocycles. The number of likely N-dealkylation sites (N-methyl/N-ethyl adjacent to an activating group) is 1. The summed E-state index contributed by atoms with van der Waals surface area (Å²) in [4.78, 5) is 28.5. The highest BCUT2D eigenvalue weighted by atomic mass is 16.6. The molecule has 2 heterocycles. The van der Waals surface area contributed by atoms with Crippen LogP contribution >= 0.6 is 0 Å². The molecule has 3 amide bonds. The van der Waals surface area contributed by atoms with E-state index in [1.54, 1.807) is 4.90 Å². The van der Waals surface area contributed by atoms with Gasteiger partial charge in [0.05, 0.1) is 6.54 Å². The number of carbonyl (C=O) groups is 2. The Hall–Kier alpha value is -2.44. The number of hydrogen-bond acceptors (Lipinski definition) is 4. The van der Waals surface area contributed by atoms with Crippen molar-refractivity contribution in [3.8, 4) is 11.5 Å². The quantitative estimate of drug-likeness (QED) is 0.840. The van der Waals surface area contributed by atoms with E-state index in [2.05, 4.69) is 5.32 Å². The van der Waals surface area contributed by atoms with Gasteiger partial charge < -0.3 is 24.6 Å². The van der Waals surface area contributed by atoms with E-state index in [1.165, 1.54) is 0 Å². The molecule has 1 saturated heterocycles. The fraction of sp³-hybridized carbons (Fsp3) is 0.619. The molecule has 0 bridgehead atoms. The van der Waals surface area contributed by atoms with E-state index in [-0.39, 0.29) is 30.0 Å². The van der Waals surface area contributed by atoms with Crippen molar-refractivity contribution in [2.75, 3.05) is 32.8 Å². The summed E-state index contributed by atoms with van der Waals surface area (Å²) in [7, 11) is 0. The Bertz CT molecular complexity index is 686. The third kappa shape index (κ3) is 4.88. The number of piperidine rings is 1. The first kappa shape index (κ1) is 20.3. The van der Waals surface area contributed by atoms with Crippen LogP contribution in [0.2, 0.25) is 0 Å². The van der Waals surface area contributed by atoms with E-state index in [0.29, 0.717) is 32.8 Å². The van der Waals surface area contributed by atoms with Crippen LogP contribution in [-0.4, -0.2) is 66.7 Å². The molecule has 28 heavy (non-hydrogen) atoms. The summed E-state index contributed by atoms with van der Waals surface area (Å²) < 4.78 is 11.7. The Labute approximate surface area is 167 Å². The van der Waals surface area contributed by atoms with Crippen LogP contribution in [0.5, 0.6) is 11.5 Å². The fourth-order valence-electron chi connectivity index (χ4n) is 3.63.